The maximum absolute atomic E-state index is 13.7. The van der Waals surface area contributed by atoms with E-state index in [1.807, 2.05) is 0 Å². The molecular weight excluding hydrogens is 321 g/mol. The summed E-state index contributed by atoms with van der Waals surface area (Å²) in [6.07, 6.45) is 2.01. The zero-order valence-corrected chi connectivity index (χ0v) is 13.2. The summed E-state index contributed by atoms with van der Waals surface area (Å²) in [5, 5.41) is 0. The van der Waals surface area contributed by atoms with E-state index in [4.69, 9.17) is 0 Å². The lowest BCUT2D eigenvalue weighted by Crippen LogP contribution is -2.37. The molecule has 24 heavy (non-hydrogen) atoms. The van der Waals surface area contributed by atoms with Crippen LogP contribution in [0.2, 0.25) is 0 Å². The summed E-state index contributed by atoms with van der Waals surface area (Å²) in [7, 11) is 0. The van der Waals surface area contributed by atoms with Gasteiger partial charge in [-0.3, -0.25) is 9.59 Å². The molecule has 4 nitrogen and oxygen atoms in total. The summed E-state index contributed by atoms with van der Waals surface area (Å²) in [4.78, 5) is 27.6. The molecule has 1 aromatic rings. The molecule has 0 bridgehead atoms. The summed E-state index contributed by atoms with van der Waals surface area (Å²) in [5.41, 5.74) is -0.438. The normalized spacial score (nSPS) is 18.7. The van der Waals surface area contributed by atoms with Gasteiger partial charge in [0.15, 0.2) is 0 Å². The van der Waals surface area contributed by atoms with Crippen molar-refractivity contribution in [1.29, 1.82) is 0 Å². The van der Waals surface area contributed by atoms with Crippen molar-refractivity contribution in [3.63, 3.8) is 0 Å². The number of hydrogen-bond donors (Lipinski definition) is 0. The van der Waals surface area contributed by atoms with Gasteiger partial charge in [0.1, 0.15) is 17.5 Å². The summed E-state index contributed by atoms with van der Waals surface area (Å²) >= 11 is 0. The zero-order valence-electron chi connectivity index (χ0n) is 13.2. The Hall–Kier alpha value is -2.05. The Morgan fingerprint density at radius 3 is 2.38 bits per heavy atom. The van der Waals surface area contributed by atoms with E-state index in [0.29, 0.717) is 31.1 Å². The van der Waals surface area contributed by atoms with Gasteiger partial charge in [-0.2, -0.15) is 0 Å². The van der Waals surface area contributed by atoms with Gasteiger partial charge in [-0.1, -0.05) is 0 Å². The summed E-state index contributed by atoms with van der Waals surface area (Å²) in [6.45, 7) is 1.75. The minimum absolute atomic E-state index is 0.0105. The number of rotatable bonds is 4. The Morgan fingerprint density at radius 2 is 1.75 bits per heavy atom. The third kappa shape index (κ3) is 3.88. The second kappa shape index (κ2) is 6.83. The van der Waals surface area contributed by atoms with Gasteiger partial charge in [-0.05, 0) is 18.8 Å². The quantitative estimate of drug-likeness (QED) is 0.842. The first-order valence-corrected chi connectivity index (χ1v) is 8.13. The average molecular weight is 340 g/mol. The van der Waals surface area contributed by atoms with Gasteiger partial charge in [0.25, 0.3) is 0 Å². The van der Waals surface area contributed by atoms with E-state index in [9.17, 15) is 22.8 Å². The van der Waals surface area contributed by atoms with Crippen LogP contribution in [0.25, 0.3) is 0 Å². The molecule has 7 heteroatoms. The highest BCUT2D eigenvalue weighted by Crippen LogP contribution is 2.30. The minimum atomic E-state index is -1.07. The van der Waals surface area contributed by atoms with Gasteiger partial charge < -0.3 is 9.80 Å². The molecule has 2 fully saturated rings. The molecule has 0 spiro atoms. The van der Waals surface area contributed by atoms with Crippen LogP contribution >= 0.6 is 0 Å². The largest absolute Gasteiger partial charge is 0.341 e. The third-order valence-corrected chi connectivity index (χ3v) is 4.55. The van der Waals surface area contributed by atoms with E-state index in [-0.39, 0.29) is 18.9 Å². The lowest BCUT2D eigenvalue weighted by atomic mass is 10.1. The Balaban J connectivity index is 1.64. The van der Waals surface area contributed by atoms with E-state index in [2.05, 4.69) is 0 Å². The second-order valence-electron chi connectivity index (χ2n) is 6.44. The van der Waals surface area contributed by atoms with E-state index in [1.54, 1.807) is 4.90 Å². The number of amides is 2. The molecule has 1 aliphatic carbocycles. The van der Waals surface area contributed by atoms with Crippen molar-refractivity contribution in [1.82, 2.24) is 9.80 Å². The van der Waals surface area contributed by atoms with E-state index < -0.39 is 35.3 Å². The van der Waals surface area contributed by atoms with Crippen LogP contribution in [0, 0.1) is 23.4 Å². The minimum Gasteiger partial charge on any atom is -0.341 e. The van der Waals surface area contributed by atoms with Gasteiger partial charge in [0.05, 0.1) is 6.42 Å². The highest BCUT2D eigenvalue weighted by molar-refractivity contribution is 5.81. The molecule has 0 radical (unpaired) electrons. The molecule has 130 valence electrons. The number of carbonyl (C=O) groups excluding carboxylic acids is 2. The van der Waals surface area contributed by atoms with Gasteiger partial charge in [-0.15, -0.1) is 0 Å². The van der Waals surface area contributed by atoms with Crippen LogP contribution in [-0.2, 0) is 16.0 Å². The van der Waals surface area contributed by atoms with Gasteiger partial charge >= 0.3 is 0 Å². The van der Waals surface area contributed by atoms with Gasteiger partial charge in [0, 0.05) is 50.3 Å². The second-order valence-corrected chi connectivity index (χ2v) is 6.44. The predicted molar refractivity (Wildman–Crippen MR) is 80.5 cm³/mol. The van der Waals surface area contributed by atoms with Gasteiger partial charge in [0.2, 0.25) is 11.8 Å². The van der Waals surface area contributed by atoms with Crippen LogP contribution in [0.15, 0.2) is 12.1 Å². The molecular formula is C17H19F3N2O2. The van der Waals surface area contributed by atoms with Crippen molar-refractivity contribution in [3.8, 4) is 0 Å². The molecule has 2 aliphatic rings. The fraction of sp³-hybridized carbons (Fsp3) is 0.529. The number of benzene rings is 1. The molecule has 3 rings (SSSR count). The Morgan fingerprint density at radius 1 is 1.08 bits per heavy atom. The van der Waals surface area contributed by atoms with Crippen molar-refractivity contribution in [2.45, 2.75) is 25.7 Å². The highest BCUT2D eigenvalue weighted by Gasteiger charge is 2.30. The van der Waals surface area contributed by atoms with Crippen LogP contribution < -0.4 is 0 Å². The first-order chi connectivity index (χ1) is 11.4. The molecule has 1 aliphatic heterocycles. The van der Waals surface area contributed by atoms with Crippen molar-refractivity contribution in [3.05, 3.63) is 35.1 Å². The maximum atomic E-state index is 13.7. The van der Waals surface area contributed by atoms with Crippen molar-refractivity contribution < 1.29 is 22.8 Å². The summed E-state index contributed by atoms with van der Waals surface area (Å²) in [6, 6.07) is 1.13. The highest BCUT2D eigenvalue weighted by atomic mass is 19.1. The van der Waals surface area contributed by atoms with Crippen LogP contribution in [0.5, 0.6) is 0 Å². The monoisotopic (exact) mass is 340 g/mol. The standard InChI is InChI=1S/C17H19F3N2O2/c18-12-7-14(19)13(15(20)8-12)9-17(24)21-4-3-16(23)22(6-5-21)10-11-1-2-11/h7-8,11H,1-6,9-10H2. The van der Waals surface area contributed by atoms with Crippen LogP contribution in [0.3, 0.4) is 0 Å². The fourth-order valence-electron chi connectivity index (χ4n) is 2.93. The smallest absolute Gasteiger partial charge is 0.227 e. The Labute approximate surface area is 138 Å². The van der Waals surface area contributed by atoms with Gasteiger partial charge in [-0.25, -0.2) is 13.2 Å². The lowest BCUT2D eigenvalue weighted by Gasteiger charge is -2.22. The summed E-state index contributed by atoms with van der Waals surface area (Å²) in [5.74, 6) is -3.03. The number of halogens is 3. The SMILES string of the molecule is O=C(Cc1c(F)cc(F)cc1F)N1CCC(=O)N(CC2CC2)CC1. The molecule has 0 N–H and O–H groups in total. The Kier molecular flexibility index (Phi) is 4.78. The number of carbonyl (C=O) groups is 2. The van der Waals surface area contributed by atoms with Crippen LogP contribution in [0.4, 0.5) is 13.2 Å². The number of hydrogen-bond acceptors (Lipinski definition) is 2. The first-order valence-electron chi connectivity index (χ1n) is 8.13. The summed E-state index contributed by atoms with van der Waals surface area (Å²) < 4.78 is 40.3. The number of nitrogens with zero attached hydrogens (tertiary/aromatic N) is 2. The fourth-order valence-corrected chi connectivity index (χ4v) is 2.93. The van der Waals surface area contributed by atoms with E-state index in [0.717, 1.165) is 19.4 Å². The maximum Gasteiger partial charge on any atom is 0.227 e. The molecule has 0 aromatic heterocycles. The van der Waals surface area contributed by atoms with E-state index >= 15 is 0 Å². The predicted octanol–water partition coefficient (Wildman–Crippen LogP) is 2.12. The van der Waals surface area contributed by atoms with Crippen molar-refractivity contribution >= 4 is 11.8 Å². The molecule has 0 unspecified atom stereocenters. The van der Waals surface area contributed by atoms with E-state index in [1.165, 1.54) is 4.90 Å². The molecule has 1 saturated carbocycles. The van der Waals surface area contributed by atoms with Crippen LogP contribution in [-0.4, -0.2) is 47.8 Å². The average Bonchev–Trinajstić information content (AvgIpc) is 3.33. The van der Waals surface area contributed by atoms with Crippen LogP contribution in [0.1, 0.15) is 24.8 Å². The third-order valence-electron chi connectivity index (χ3n) is 4.55. The van der Waals surface area contributed by atoms with Crippen molar-refractivity contribution in [2.24, 2.45) is 5.92 Å². The van der Waals surface area contributed by atoms with Crippen molar-refractivity contribution in [2.75, 3.05) is 26.2 Å². The lowest BCUT2D eigenvalue weighted by molar-refractivity contribution is -0.130. The molecule has 1 aromatic carbocycles. The molecule has 2 amide bonds. The Bertz CT molecular complexity index is 638. The molecule has 1 saturated heterocycles. The zero-order chi connectivity index (χ0) is 17.3. The molecule has 1 heterocycles. The molecule has 0 atom stereocenters. The topological polar surface area (TPSA) is 40.6 Å². The first kappa shape index (κ1) is 16.8.